The molecule has 0 aliphatic heterocycles. The van der Waals surface area contributed by atoms with Crippen molar-refractivity contribution in [2.75, 3.05) is 10.5 Å². The van der Waals surface area contributed by atoms with Crippen LogP contribution in [0.5, 0.6) is 5.75 Å². The number of halogens is 1. The average Bonchev–Trinajstić information content (AvgIpc) is 2.11. The maximum atomic E-state index is 12.7. The molecule has 6 heteroatoms. The number of phenolic OH excluding ortho intramolecular Hbond substituents is 1. The Balaban J connectivity index is 3.03. The van der Waals surface area contributed by atoms with Crippen molar-refractivity contribution in [3.05, 3.63) is 24.0 Å². The molecule has 0 spiro atoms. The Morgan fingerprint density at radius 2 is 2.14 bits per heavy atom. The van der Waals surface area contributed by atoms with E-state index in [2.05, 4.69) is 4.72 Å². The first kappa shape index (κ1) is 10.8. The van der Waals surface area contributed by atoms with Gasteiger partial charge in [-0.1, -0.05) is 0 Å². The maximum absolute atomic E-state index is 12.7. The number of hydrogen-bond donors (Lipinski definition) is 2. The van der Waals surface area contributed by atoms with Gasteiger partial charge in [-0.25, -0.2) is 12.8 Å². The molecule has 2 N–H and O–H groups in total. The second-order valence-electron chi connectivity index (χ2n) is 2.67. The lowest BCUT2D eigenvalue weighted by molar-refractivity contribution is 0.475. The van der Waals surface area contributed by atoms with Crippen molar-refractivity contribution in [1.82, 2.24) is 0 Å². The zero-order valence-electron chi connectivity index (χ0n) is 7.49. The molecule has 4 nitrogen and oxygen atoms in total. The average molecular weight is 219 g/mol. The van der Waals surface area contributed by atoms with E-state index >= 15 is 0 Å². The van der Waals surface area contributed by atoms with Crippen LogP contribution in [0, 0.1) is 5.82 Å². The third-order valence-corrected chi connectivity index (χ3v) is 2.90. The first-order chi connectivity index (χ1) is 6.44. The summed E-state index contributed by atoms with van der Waals surface area (Å²) in [5.74, 6) is -1.05. The zero-order valence-corrected chi connectivity index (χ0v) is 8.31. The molecule has 1 aromatic rings. The molecule has 78 valence electrons. The van der Waals surface area contributed by atoms with Crippen LogP contribution < -0.4 is 4.72 Å². The summed E-state index contributed by atoms with van der Waals surface area (Å²) in [4.78, 5) is 0. The Morgan fingerprint density at radius 1 is 1.50 bits per heavy atom. The van der Waals surface area contributed by atoms with Crippen LogP contribution in [0.2, 0.25) is 0 Å². The first-order valence-corrected chi connectivity index (χ1v) is 5.59. The monoisotopic (exact) mass is 219 g/mol. The fourth-order valence-corrected chi connectivity index (χ4v) is 1.47. The molecule has 1 rings (SSSR count). The van der Waals surface area contributed by atoms with Gasteiger partial charge in [0.15, 0.2) is 0 Å². The van der Waals surface area contributed by atoms with Gasteiger partial charge in [0, 0.05) is 6.07 Å². The number of phenols is 1. The van der Waals surface area contributed by atoms with Crippen LogP contribution >= 0.6 is 0 Å². The topological polar surface area (TPSA) is 66.4 Å². The maximum Gasteiger partial charge on any atom is 0.232 e. The van der Waals surface area contributed by atoms with E-state index < -0.39 is 15.8 Å². The van der Waals surface area contributed by atoms with Gasteiger partial charge in [-0.3, -0.25) is 4.72 Å². The van der Waals surface area contributed by atoms with Gasteiger partial charge in [0.1, 0.15) is 11.6 Å². The van der Waals surface area contributed by atoms with Crippen molar-refractivity contribution in [2.45, 2.75) is 6.92 Å². The molecule has 0 unspecified atom stereocenters. The van der Waals surface area contributed by atoms with Gasteiger partial charge in [-0.15, -0.1) is 0 Å². The van der Waals surface area contributed by atoms with Gasteiger partial charge in [0.25, 0.3) is 0 Å². The molecule has 0 aliphatic rings. The normalized spacial score (nSPS) is 11.3. The molecule has 0 aromatic heterocycles. The summed E-state index contributed by atoms with van der Waals surface area (Å²) in [5, 5.41) is 9.20. The molecule has 0 heterocycles. The lowest BCUT2D eigenvalue weighted by atomic mass is 10.3. The van der Waals surface area contributed by atoms with Crippen LogP contribution in [-0.2, 0) is 10.0 Å². The summed E-state index contributed by atoms with van der Waals surface area (Å²) in [5.41, 5.74) is -0.146. The van der Waals surface area contributed by atoms with Gasteiger partial charge in [0.05, 0.1) is 11.4 Å². The Kier molecular flexibility index (Phi) is 2.95. The van der Waals surface area contributed by atoms with E-state index in [4.69, 9.17) is 0 Å². The van der Waals surface area contributed by atoms with Crippen LogP contribution in [0.3, 0.4) is 0 Å². The highest BCUT2D eigenvalue weighted by Gasteiger charge is 2.10. The zero-order chi connectivity index (χ0) is 10.8. The highest BCUT2D eigenvalue weighted by atomic mass is 32.2. The number of sulfonamides is 1. The molecule has 0 fully saturated rings. The fourth-order valence-electron chi connectivity index (χ4n) is 0.830. The van der Waals surface area contributed by atoms with Crippen LogP contribution in [0.1, 0.15) is 6.92 Å². The molecule has 0 saturated heterocycles. The Hall–Kier alpha value is -1.30. The minimum atomic E-state index is -3.49. The largest absolute Gasteiger partial charge is 0.506 e. The predicted molar refractivity (Wildman–Crippen MR) is 51.1 cm³/mol. The Morgan fingerprint density at radius 3 is 2.71 bits per heavy atom. The molecular weight excluding hydrogens is 209 g/mol. The number of aromatic hydroxyl groups is 1. The van der Waals surface area contributed by atoms with Crippen molar-refractivity contribution < 1.29 is 17.9 Å². The van der Waals surface area contributed by atoms with Crippen LogP contribution in [0.15, 0.2) is 18.2 Å². The summed E-state index contributed by atoms with van der Waals surface area (Å²) in [6.45, 7) is 1.44. The highest BCUT2D eigenvalue weighted by Crippen LogP contribution is 2.24. The van der Waals surface area contributed by atoms with E-state index in [-0.39, 0.29) is 17.2 Å². The summed E-state index contributed by atoms with van der Waals surface area (Å²) in [6, 6.07) is 3.05. The second kappa shape index (κ2) is 3.83. The first-order valence-electron chi connectivity index (χ1n) is 3.93. The number of hydrogen-bond acceptors (Lipinski definition) is 3. The van der Waals surface area contributed by atoms with Gasteiger partial charge >= 0.3 is 0 Å². The molecule has 0 aliphatic carbocycles. The molecule has 0 bridgehead atoms. The van der Waals surface area contributed by atoms with Crippen molar-refractivity contribution in [2.24, 2.45) is 0 Å². The molecule has 1 aromatic carbocycles. The van der Waals surface area contributed by atoms with Crippen LogP contribution in [0.4, 0.5) is 10.1 Å². The smallest absolute Gasteiger partial charge is 0.232 e. The third-order valence-electron chi connectivity index (χ3n) is 1.60. The van der Waals surface area contributed by atoms with E-state index in [1.807, 2.05) is 0 Å². The SMILES string of the molecule is CCS(=O)(=O)Nc1cc(F)ccc1O. The van der Waals surface area contributed by atoms with Gasteiger partial charge in [-0.05, 0) is 19.1 Å². The van der Waals surface area contributed by atoms with Gasteiger partial charge in [-0.2, -0.15) is 0 Å². The summed E-state index contributed by atoms with van der Waals surface area (Å²) in [6.07, 6.45) is 0. The lowest BCUT2D eigenvalue weighted by Crippen LogP contribution is -2.14. The van der Waals surface area contributed by atoms with Gasteiger partial charge < -0.3 is 5.11 Å². The molecular formula is C8H10FNO3S. The second-order valence-corrected chi connectivity index (χ2v) is 4.68. The molecule has 0 saturated carbocycles. The number of nitrogens with one attached hydrogen (secondary N) is 1. The number of anilines is 1. The Bertz CT molecular complexity index is 430. The van der Waals surface area contributed by atoms with E-state index in [0.717, 1.165) is 18.2 Å². The van der Waals surface area contributed by atoms with Crippen LogP contribution in [-0.4, -0.2) is 19.3 Å². The molecule has 0 amide bonds. The van der Waals surface area contributed by atoms with Crippen molar-refractivity contribution >= 4 is 15.7 Å². The number of benzene rings is 1. The summed E-state index contributed by atoms with van der Waals surface area (Å²) < 4.78 is 36.9. The summed E-state index contributed by atoms with van der Waals surface area (Å²) >= 11 is 0. The fraction of sp³-hybridized carbons (Fsp3) is 0.250. The van der Waals surface area contributed by atoms with E-state index in [1.54, 1.807) is 0 Å². The molecule has 0 radical (unpaired) electrons. The Labute approximate surface area is 81.4 Å². The highest BCUT2D eigenvalue weighted by molar-refractivity contribution is 7.92. The van der Waals surface area contributed by atoms with Gasteiger partial charge in [0.2, 0.25) is 10.0 Å². The third kappa shape index (κ3) is 2.59. The minimum absolute atomic E-state index is 0.136. The van der Waals surface area contributed by atoms with E-state index in [1.165, 1.54) is 6.92 Å². The summed E-state index contributed by atoms with van der Waals surface area (Å²) in [7, 11) is -3.49. The van der Waals surface area contributed by atoms with Crippen LogP contribution in [0.25, 0.3) is 0 Å². The predicted octanol–water partition coefficient (Wildman–Crippen LogP) is 1.29. The van der Waals surface area contributed by atoms with Crippen molar-refractivity contribution in [1.29, 1.82) is 0 Å². The van der Waals surface area contributed by atoms with Crippen molar-refractivity contribution in [3.63, 3.8) is 0 Å². The minimum Gasteiger partial charge on any atom is -0.506 e. The molecule has 0 atom stereocenters. The standard InChI is InChI=1S/C8H10FNO3S/c1-2-14(12,13)10-7-5-6(9)3-4-8(7)11/h3-5,10-11H,2H2,1H3. The lowest BCUT2D eigenvalue weighted by Gasteiger charge is -2.07. The van der Waals surface area contributed by atoms with E-state index in [9.17, 15) is 17.9 Å². The van der Waals surface area contributed by atoms with E-state index in [0.29, 0.717) is 0 Å². The van der Waals surface area contributed by atoms with Crippen molar-refractivity contribution in [3.8, 4) is 5.75 Å². The quantitative estimate of drug-likeness (QED) is 0.753. The molecule has 14 heavy (non-hydrogen) atoms. The number of rotatable bonds is 3.